The number of hydrogen-bond donors (Lipinski definition) is 0. The van der Waals surface area contributed by atoms with E-state index in [9.17, 15) is 12.3 Å². The van der Waals surface area contributed by atoms with E-state index in [2.05, 4.69) is 12.1 Å². The molecule has 136 valence electrons. The van der Waals surface area contributed by atoms with Crippen LogP contribution in [0, 0.1) is 0 Å². The van der Waals surface area contributed by atoms with Crippen LogP contribution in [0.5, 0.6) is 5.75 Å². The number of hydrogen-bond acceptors (Lipinski definition) is 3. The lowest BCUT2D eigenvalue weighted by atomic mass is 10.1. The van der Waals surface area contributed by atoms with Crippen molar-refractivity contribution in [3.63, 3.8) is 0 Å². The third kappa shape index (κ3) is 8.68. The molecule has 0 atom stereocenters. The molecule has 3 nitrogen and oxygen atoms in total. The molecule has 0 aliphatic rings. The predicted molar refractivity (Wildman–Crippen MR) is 98.9 cm³/mol. The molecule has 0 radical (unpaired) electrons. The highest BCUT2D eigenvalue weighted by Crippen LogP contribution is 2.16. The van der Waals surface area contributed by atoms with Crippen LogP contribution >= 0.6 is 0 Å². The molecule has 5 heteroatoms. The average Bonchev–Trinajstić information content (AvgIpc) is 2.60. The third-order valence-corrected chi connectivity index (χ3v) is 4.80. The van der Waals surface area contributed by atoms with Crippen molar-refractivity contribution in [3.8, 4) is 5.75 Å². The van der Waals surface area contributed by atoms with E-state index in [1.165, 1.54) is 5.56 Å². The minimum Gasteiger partial charge on any atom is -0.489 e. The summed E-state index contributed by atoms with van der Waals surface area (Å²) >= 11 is 0. The Morgan fingerprint density at radius 2 is 1.40 bits per heavy atom. The van der Waals surface area contributed by atoms with Crippen LogP contribution in [0.25, 0.3) is 0 Å². The van der Waals surface area contributed by atoms with Gasteiger partial charge in [0, 0.05) is 0 Å². The van der Waals surface area contributed by atoms with Crippen molar-refractivity contribution < 1.29 is 17.0 Å². The van der Waals surface area contributed by atoms with Gasteiger partial charge in [-0.05, 0) is 42.5 Å². The molecule has 0 bridgehead atoms. The lowest BCUT2D eigenvalue weighted by Crippen LogP contribution is -1.98. The van der Waals surface area contributed by atoms with Gasteiger partial charge in [-0.3, -0.25) is 0 Å². The van der Waals surface area contributed by atoms with Crippen LogP contribution in [0.15, 0.2) is 54.6 Å². The Kier molecular flexibility index (Phi) is 7.92. The molecule has 0 unspecified atom stereocenters. The summed E-state index contributed by atoms with van der Waals surface area (Å²) < 4.78 is 38.9. The number of unbranched alkanes of at least 4 members (excludes halogenated alkanes) is 4. The first-order valence-electron chi connectivity index (χ1n) is 8.71. The molecule has 2 rings (SSSR count). The number of aryl methyl sites for hydroxylation is 1. The van der Waals surface area contributed by atoms with Crippen LogP contribution in [-0.4, -0.2) is 14.2 Å². The average molecular weight is 364 g/mol. The summed E-state index contributed by atoms with van der Waals surface area (Å²) in [6.45, 7) is 0.564. The summed E-state index contributed by atoms with van der Waals surface area (Å²) in [5.41, 5.74) is 2.41. The van der Waals surface area contributed by atoms with Crippen LogP contribution in [0.4, 0.5) is 3.89 Å². The molecule has 25 heavy (non-hydrogen) atoms. The van der Waals surface area contributed by atoms with Gasteiger partial charge < -0.3 is 4.74 Å². The van der Waals surface area contributed by atoms with Crippen LogP contribution in [0.1, 0.15) is 43.2 Å². The maximum atomic E-state index is 12.3. The maximum Gasteiger partial charge on any atom is 0.302 e. The van der Waals surface area contributed by atoms with E-state index < -0.39 is 10.2 Å². The van der Waals surface area contributed by atoms with Gasteiger partial charge in [0.05, 0.1) is 5.75 Å². The lowest BCUT2D eigenvalue weighted by Gasteiger charge is -2.07. The zero-order valence-electron chi connectivity index (χ0n) is 14.4. The van der Waals surface area contributed by atoms with Gasteiger partial charge in [0.1, 0.15) is 12.4 Å². The minimum absolute atomic E-state index is 0.350. The zero-order chi connectivity index (χ0) is 18.0. The molecule has 0 heterocycles. The third-order valence-electron chi connectivity index (χ3n) is 4.03. The quantitative estimate of drug-likeness (QED) is 0.413. The monoisotopic (exact) mass is 364 g/mol. The Balaban J connectivity index is 1.60. The molecule has 0 aliphatic heterocycles. The van der Waals surface area contributed by atoms with E-state index in [1.54, 1.807) is 0 Å². The van der Waals surface area contributed by atoms with Crippen molar-refractivity contribution in [1.82, 2.24) is 0 Å². The van der Waals surface area contributed by atoms with Crippen molar-refractivity contribution in [2.45, 2.75) is 45.1 Å². The van der Waals surface area contributed by atoms with Crippen molar-refractivity contribution in [3.05, 3.63) is 65.7 Å². The Morgan fingerprint density at radius 3 is 2.08 bits per heavy atom. The van der Waals surface area contributed by atoms with Crippen LogP contribution in [-0.2, 0) is 23.3 Å². The fourth-order valence-corrected chi connectivity index (χ4v) is 3.18. The molecule has 0 saturated carbocycles. The molecule has 2 aromatic rings. The summed E-state index contributed by atoms with van der Waals surface area (Å²) in [6.07, 6.45) is 5.17. The summed E-state index contributed by atoms with van der Waals surface area (Å²) in [7, 11) is -4.30. The molecule has 0 fully saturated rings. The SMILES string of the molecule is O=S(=O)(F)CCCCCCCc1ccc(OCc2ccccc2)cc1. The smallest absolute Gasteiger partial charge is 0.302 e. The van der Waals surface area contributed by atoms with E-state index >= 15 is 0 Å². The molecule has 0 aliphatic carbocycles. The molecular weight excluding hydrogens is 339 g/mol. The Bertz CT molecular complexity index is 712. The van der Waals surface area contributed by atoms with Gasteiger partial charge in [-0.2, -0.15) is 8.42 Å². The fourth-order valence-electron chi connectivity index (χ4n) is 2.63. The van der Waals surface area contributed by atoms with E-state index in [-0.39, 0.29) is 5.75 Å². The van der Waals surface area contributed by atoms with E-state index in [0.29, 0.717) is 13.0 Å². The number of ether oxygens (including phenoxy) is 1. The molecule has 0 amide bonds. The van der Waals surface area contributed by atoms with E-state index in [1.807, 2.05) is 42.5 Å². The molecule has 2 aromatic carbocycles. The lowest BCUT2D eigenvalue weighted by molar-refractivity contribution is 0.306. The van der Waals surface area contributed by atoms with Crippen LogP contribution in [0.3, 0.4) is 0 Å². The van der Waals surface area contributed by atoms with Gasteiger partial charge in [0.25, 0.3) is 0 Å². The summed E-state index contributed by atoms with van der Waals surface area (Å²) in [5.74, 6) is 0.511. The second kappa shape index (κ2) is 10.2. The minimum atomic E-state index is -4.30. The first-order valence-corrected chi connectivity index (χ1v) is 10.3. The normalized spacial score (nSPS) is 11.4. The van der Waals surface area contributed by atoms with Gasteiger partial charge in [0.15, 0.2) is 0 Å². The van der Waals surface area contributed by atoms with E-state index in [0.717, 1.165) is 43.4 Å². The Hall–Kier alpha value is -1.88. The second-order valence-electron chi connectivity index (χ2n) is 6.18. The van der Waals surface area contributed by atoms with Crippen LogP contribution < -0.4 is 4.74 Å². The molecule has 0 saturated heterocycles. The van der Waals surface area contributed by atoms with E-state index in [4.69, 9.17) is 4.74 Å². The topological polar surface area (TPSA) is 43.4 Å². The largest absolute Gasteiger partial charge is 0.489 e. The van der Waals surface area contributed by atoms with Gasteiger partial charge in [-0.25, -0.2) is 0 Å². The zero-order valence-corrected chi connectivity index (χ0v) is 15.2. The fraction of sp³-hybridized carbons (Fsp3) is 0.400. The highest BCUT2D eigenvalue weighted by Gasteiger charge is 2.05. The maximum absolute atomic E-state index is 12.3. The van der Waals surface area contributed by atoms with Gasteiger partial charge in [-0.15, -0.1) is 3.89 Å². The standard InChI is InChI=1S/C20H25FO3S/c21-25(22,23)16-8-3-1-2-5-9-18-12-14-20(15-13-18)24-17-19-10-6-4-7-11-19/h4,6-7,10-15H,1-3,5,8-9,16-17H2. The van der Waals surface area contributed by atoms with Crippen molar-refractivity contribution in [1.29, 1.82) is 0 Å². The van der Waals surface area contributed by atoms with Gasteiger partial charge >= 0.3 is 10.2 Å². The second-order valence-corrected chi connectivity index (χ2v) is 7.66. The predicted octanol–water partition coefficient (Wildman–Crippen LogP) is 5.06. The Morgan fingerprint density at radius 1 is 0.760 bits per heavy atom. The molecular formula is C20H25FO3S. The summed E-state index contributed by atoms with van der Waals surface area (Å²) in [6, 6.07) is 18.2. The van der Waals surface area contributed by atoms with Gasteiger partial charge in [0.2, 0.25) is 0 Å². The first kappa shape index (κ1) is 19.4. The Labute approximate surface area is 150 Å². The summed E-state index contributed by atoms with van der Waals surface area (Å²) in [4.78, 5) is 0. The molecule has 0 N–H and O–H groups in total. The molecule has 0 spiro atoms. The number of benzene rings is 2. The van der Waals surface area contributed by atoms with Crippen molar-refractivity contribution in [2.75, 3.05) is 5.75 Å². The number of halogens is 1. The van der Waals surface area contributed by atoms with Crippen molar-refractivity contribution >= 4 is 10.2 Å². The summed E-state index contributed by atoms with van der Waals surface area (Å²) in [5, 5.41) is 0. The first-order chi connectivity index (χ1) is 12.0. The molecule has 0 aromatic heterocycles. The van der Waals surface area contributed by atoms with Crippen molar-refractivity contribution in [2.24, 2.45) is 0 Å². The van der Waals surface area contributed by atoms with Gasteiger partial charge in [-0.1, -0.05) is 61.7 Å². The number of rotatable bonds is 11. The highest BCUT2D eigenvalue weighted by atomic mass is 32.3. The highest BCUT2D eigenvalue weighted by molar-refractivity contribution is 7.86. The van der Waals surface area contributed by atoms with Crippen LogP contribution in [0.2, 0.25) is 0 Å².